The van der Waals surface area contributed by atoms with Crippen LogP contribution in [0, 0.1) is 0 Å². The van der Waals surface area contributed by atoms with Crippen molar-refractivity contribution in [3.63, 3.8) is 0 Å². The number of benzene rings is 2. The van der Waals surface area contributed by atoms with Crippen molar-refractivity contribution in [3.05, 3.63) is 77.0 Å². The number of carbonyl (C=O) groups excluding carboxylic acids is 2. The van der Waals surface area contributed by atoms with Gasteiger partial charge < -0.3 is 9.80 Å². The van der Waals surface area contributed by atoms with Crippen LogP contribution in [0.1, 0.15) is 20.8 Å². The molecular weight excluding hydrogens is 448 g/mol. The fourth-order valence-corrected chi connectivity index (χ4v) is 5.26. The minimum atomic E-state index is 0.0125. The molecule has 0 radical (unpaired) electrons. The third-order valence-electron chi connectivity index (χ3n) is 6.76. The van der Waals surface area contributed by atoms with E-state index in [0.717, 1.165) is 42.9 Å². The molecule has 2 aromatic carbocycles. The van der Waals surface area contributed by atoms with Crippen molar-refractivity contribution < 1.29 is 9.59 Å². The number of nitrogens with zero attached hydrogens (tertiary/aromatic N) is 6. The van der Waals surface area contributed by atoms with Crippen molar-refractivity contribution in [2.75, 3.05) is 39.3 Å². The lowest BCUT2D eigenvalue weighted by Crippen LogP contribution is -2.64. The molecule has 0 N–H and O–H groups in total. The average Bonchev–Trinajstić information content (AvgIpc) is 3.54. The Bertz CT molecular complexity index is 1320. The Morgan fingerprint density at radius 1 is 0.853 bits per heavy atom. The summed E-state index contributed by atoms with van der Waals surface area (Å²) in [5.41, 5.74) is 5.89. The monoisotopic (exact) mass is 472 g/mol. The number of aromatic nitrogens is 3. The van der Waals surface area contributed by atoms with E-state index in [2.05, 4.69) is 14.9 Å². The number of fused-ring (bicyclic) bond motifs is 1. The van der Waals surface area contributed by atoms with Crippen LogP contribution in [0.5, 0.6) is 0 Å². The summed E-state index contributed by atoms with van der Waals surface area (Å²) in [6, 6.07) is 16.1. The van der Waals surface area contributed by atoms with E-state index >= 15 is 0 Å². The molecule has 6 rings (SSSR count). The fourth-order valence-electron chi connectivity index (χ4n) is 4.73. The number of para-hydroxylation sites is 2. The highest BCUT2D eigenvalue weighted by atomic mass is 32.1. The summed E-state index contributed by atoms with van der Waals surface area (Å²) < 4.78 is 2.03. The molecule has 0 unspecified atom stereocenters. The van der Waals surface area contributed by atoms with Crippen LogP contribution in [0.2, 0.25) is 0 Å². The van der Waals surface area contributed by atoms with Gasteiger partial charge in [0.1, 0.15) is 12.0 Å². The predicted molar refractivity (Wildman–Crippen MR) is 130 cm³/mol. The molecule has 4 aromatic rings. The molecule has 2 aliphatic rings. The van der Waals surface area contributed by atoms with Gasteiger partial charge in [-0.25, -0.2) is 9.97 Å². The standard InChI is InChI=1S/C25H24N6O2S/c32-24(18-5-7-19(8-6-18)31-16-26-21-3-1-2-4-23(21)31)29-11-9-28(10-12-29)20-13-30(14-20)25(33)22-15-34-17-27-22/h1-8,15-17,20H,9-14H2. The normalized spacial score (nSPS) is 17.2. The lowest BCUT2D eigenvalue weighted by atomic mass is 10.1. The molecule has 0 bridgehead atoms. The van der Waals surface area contributed by atoms with E-state index in [0.29, 0.717) is 30.4 Å². The van der Waals surface area contributed by atoms with E-state index in [-0.39, 0.29) is 11.8 Å². The number of rotatable bonds is 4. The molecule has 8 nitrogen and oxygen atoms in total. The highest BCUT2D eigenvalue weighted by molar-refractivity contribution is 7.07. The van der Waals surface area contributed by atoms with Gasteiger partial charge in [-0.2, -0.15) is 0 Å². The zero-order valence-electron chi connectivity index (χ0n) is 18.6. The molecule has 0 spiro atoms. The van der Waals surface area contributed by atoms with Crippen LogP contribution in [0.25, 0.3) is 16.7 Å². The fraction of sp³-hybridized carbons (Fsp3) is 0.280. The minimum absolute atomic E-state index is 0.0125. The minimum Gasteiger partial charge on any atom is -0.336 e. The van der Waals surface area contributed by atoms with Crippen molar-refractivity contribution in [1.29, 1.82) is 0 Å². The second-order valence-corrected chi connectivity index (χ2v) is 9.43. The Morgan fingerprint density at radius 3 is 2.35 bits per heavy atom. The quantitative estimate of drug-likeness (QED) is 0.457. The zero-order valence-corrected chi connectivity index (χ0v) is 19.4. The largest absolute Gasteiger partial charge is 0.336 e. The number of imidazole rings is 1. The van der Waals surface area contributed by atoms with Crippen molar-refractivity contribution in [2.45, 2.75) is 6.04 Å². The molecule has 2 fully saturated rings. The Kier molecular flexibility index (Phi) is 5.35. The molecule has 4 heterocycles. The maximum Gasteiger partial charge on any atom is 0.273 e. The van der Waals surface area contributed by atoms with Gasteiger partial charge in [0.15, 0.2) is 0 Å². The van der Waals surface area contributed by atoms with E-state index < -0.39 is 0 Å². The third-order valence-corrected chi connectivity index (χ3v) is 7.35. The number of hydrogen-bond donors (Lipinski definition) is 0. The van der Waals surface area contributed by atoms with Gasteiger partial charge >= 0.3 is 0 Å². The van der Waals surface area contributed by atoms with Crippen molar-refractivity contribution in [3.8, 4) is 5.69 Å². The second-order valence-electron chi connectivity index (χ2n) is 8.72. The summed E-state index contributed by atoms with van der Waals surface area (Å²) in [6.07, 6.45) is 1.81. The van der Waals surface area contributed by atoms with Gasteiger partial charge in [-0.1, -0.05) is 12.1 Å². The smallest absolute Gasteiger partial charge is 0.273 e. The molecule has 34 heavy (non-hydrogen) atoms. The lowest BCUT2D eigenvalue weighted by molar-refractivity contribution is 0.00827. The topological polar surface area (TPSA) is 74.6 Å². The molecular formula is C25H24N6O2S. The first-order valence-electron chi connectivity index (χ1n) is 11.4. The Hall–Kier alpha value is -3.56. The van der Waals surface area contributed by atoms with Crippen LogP contribution in [0.3, 0.4) is 0 Å². The van der Waals surface area contributed by atoms with Gasteiger partial charge in [-0.15, -0.1) is 11.3 Å². The van der Waals surface area contributed by atoms with E-state index in [4.69, 9.17) is 0 Å². The third kappa shape index (κ3) is 3.76. The number of likely N-dealkylation sites (tertiary alicyclic amines) is 1. The summed E-state index contributed by atoms with van der Waals surface area (Å²) >= 11 is 1.44. The molecule has 9 heteroatoms. The predicted octanol–water partition coefficient (Wildman–Crippen LogP) is 2.76. The van der Waals surface area contributed by atoms with Crippen LogP contribution < -0.4 is 0 Å². The van der Waals surface area contributed by atoms with Crippen LogP contribution in [-0.2, 0) is 0 Å². The summed E-state index contributed by atoms with van der Waals surface area (Å²) in [4.78, 5) is 40.2. The van der Waals surface area contributed by atoms with Gasteiger partial charge in [0.25, 0.3) is 11.8 Å². The molecule has 0 aliphatic carbocycles. The molecule has 2 aromatic heterocycles. The zero-order chi connectivity index (χ0) is 23.1. The molecule has 0 saturated carbocycles. The van der Waals surface area contributed by atoms with Crippen molar-refractivity contribution in [1.82, 2.24) is 29.2 Å². The summed E-state index contributed by atoms with van der Waals surface area (Å²) in [5.74, 6) is 0.0779. The van der Waals surface area contributed by atoms with Gasteiger partial charge in [0.2, 0.25) is 0 Å². The highest BCUT2D eigenvalue weighted by Crippen LogP contribution is 2.22. The van der Waals surface area contributed by atoms with Gasteiger partial charge in [-0.3, -0.25) is 19.1 Å². The lowest BCUT2D eigenvalue weighted by Gasteiger charge is -2.47. The average molecular weight is 473 g/mol. The van der Waals surface area contributed by atoms with Crippen molar-refractivity contribution in [2.24, 2.45) is 0 Å². The first-order chi connectivity index (χ1) is 16.7. The van der Waals surface area contributed by atoms with E-state index in [1.807, 2.05) is 69.2 Å². The number of piperazine rings is 1. The molecule has 2 amide bonds. The van der Waals surface area contributed by atoms with Crippen LogP contribution in [0.4, 0.5) is 0 Å². The Balaban J connectivity index is 1.04. The van der Waals surface area contributed by atoms with Crippen LogP contribution >= 0.6 is 11.3 Å². The van der Waals surface area contributed by atoms with Gasteiger partial charge in [-0.05, 0) is 36.4 Å². The van der Waals surface area contributed by atoms with Gasteiger partial charge in [0.05, 0.1) is 16.5 Å². The van der Waals surface area contributed by atoms with Gasteiger partial charge in [0, 0.05) is 61.9 Å². The molecule has 2 saturated heterocycles. The number of amides is 2. The van der Waals surface area contributed by atoms with Crippen molar-refractivity contribution >= 4 is 34.2 Å². The summed E-state index contributed by atoms with van der Waals surface area (Å²) in [5, 5.41) is 1.80. The Morgan fingerprint density at radius 2 is 1.62 bits per heavy atom. The molecule has 0 atom stereocenters. The first-order valence-corrected chi connectivity index (χ1v) is 12.3. The van der Waals surface area contributed by atoms with E-state index in [9.17, 15) is 9.59 Å². The number of carbonyl (C=O) groups is 2. The summed E-state index contributed by atoms with van der Waals surface area (Å²) in [6.45, 7) is 4.51. The highest BCUT2D eigenvalue weighted by Gasteiger charge is 2.37. The first kappa shape index (κ1) is 21.0. The molecule has 172 valence electrons. The number of hydrogen-bond acceptors (Lipinski definition) is 6. The van der Waals surface area contributed by atoms with E-state index in [1.165, 1.54) is 11.3 Å². The van der Waals surface area contributed by atoms with Crippen LogP contribution in [0.15, 0.2) is 65.7 Å². The molecule has 2 aliphatic heterocycles. The van der Waals surface area contributed by atoms with Crippen LogP contribution in [-0.4, -0.2) is 86.4 Å². The maximum atomic E-state index is 13.1. The second kappa shape index (κ2) is 8.66. The Labute approximate surface area is 201 Å². The summed E-state index contributed by atoms with van der Waals surface area (Å²) in [7, 11) is 0. The maximum absolute atomic E-state index is 13.1. The van der Waals surface area contributed by atoms with E-state index in [1.54, 1.807) is 10.9 Å². The SMILES string of the molecule is O=C(c1ccc(-n2cnc3ccccc32)cc1)N1CCN(C2CN(C(=O)c3cscn3)C2)CC1. The number of thiazole rings is 1.